The Labute approximate surface area is 118 Å². The molecule has 2 aromatic rings. The lowest BCUT2D eigenvalue weighted by atomic mass is 9.97. The summed E-state index contributed by atoms with van der Waals surface area (Å²) in [6.07, 6.45) is 1.88. The van der Waals surface area contributed by atoms with E-state index in [2.05, 4.69) is 5.32 Å². The van der Waals surface area contributed by atoms with Crippen LogP contribution in [0, 0.1) is 0 Å². The molecule has 0 bridgehead atoms. The van der Waals surface area contributed by atoms with Crippen molar-refractivity contribution < 1.29 is 4.79 Å². The molecule has 0 unspecified atom stereocenters. The quantitative estimate of drug-likeness (QED) is 0.800. The molecule has 0 fully saturated rings. The molecule has 0 aromatic heterocycles. The molecule has 0 spiro atoms. The number of para-hydroxylation sites is 2. The minimum absolute atomic E-state index is 0.0479. The Hall–Kier alpha value is -2.55. The standard InChI is InChI=1S/C17H16N2O/c1-19(2)11-14-12-7-3-5-9-15(12)18-16-10-6-4-8-13(16)17(14)20/h3-11,18H,1-2H3/b14-11+. The van der Waals surface area contributed by atoms with Gasteiger partial charge in [0.1, 0.15) is 0 Å². The lowest BCUT2D eigenvalue weighted by molar-refractivity contribution is 0.105. The van der Waals surface area contributed by atoms with E-state index in [-0.39, 0.29) is 5.78 Å². The van der Waals surface area contributed by atoms with E-state index in [1.165, 1.54) is 0 Å². The van der Waals surface area contributed by atoms with Gasteiger partial charge in [0.2, 0.25) is 0 Å². The first-order valence-electron chi connectivity index (χ1n) is 6.55. The van der Waals surface area contributed by atoms with Crippen molar-refractivity contribution in [2.24, 2.45) is 0 Å². The van der Waals surface area contributed by atoms with Crippen LogP contribution in [0.3, 0.4) is 0 Å². The smallest absolute Gasteiger partial charge is 0.197 e. The molecule has 0 radical (unpaired) electrons. The van der Waals surface area contributed by atoms with Crippen molar-refractivity contribution in [1.82, 2.24) is 4.90 Å². The second kappa shape index (κ2) is 4.85. The largest absolute Gasteiger partial charge is 0.383 e. The summed E-state index contributed by atoms with van der Waals surface area (Å²) >= 11 is 0. The van der Waals surface area contributed by atoms with Crippen LogP contribution < -0.4 is 5.32 Å². The Bertz CT molecular complexity index is 702. The number of fused-ring (bicyclic) bond motifs is 2. The molecule has 0 saturated carbocycles. The van der Waals surface area contributed by atoms with Crippen molar-refractivity contribution in [2.45, 2.75) is 0 Å². The number of hydrogen-bond donors (Lipinski definition) is 1. The van der Waals surface area contributed by atoms with Gasteiger partial charge in [-0.2, -0.15) is 0 Å². The van der Waals surface area contributed by atoms with Gasteiger partial charge in [-0.15, -0.1) is 0 Å². The van der Waals surface area contributed by atoms with Crippen LogP contribution in [0.25, 0.3) is 5.57 Å². The van der Waals surface area contributed by atoms with Crippen LogP contribution in [0.15, 0.2) is 54.7 Å². The van der Waals surface area contributed by atoms with Crippen LogP contribution in [-0.2, 0) is 0 Å². The van der Waals surface area contributed by atoms with E-state index in [9.17, 15) is 4.79 Å². The van der Waals surface area contributed by atoms with E-state index < -0.39 is 0 Å². The van der Waals surface area contributed by atoms with E-state index >= 15 is 0 Å². The van der Waals surface area contributed by atoms with E-state index in [4.69, 9.17) is 0 Å². The first-order valence-corrected chi connectivity index (χ1v) is 6.55. The van der Waals surface area contributed by atoms with Gasteiger partial charge < -0.3 is 10.2 Å². The average molecular weight is 264 g/mol. The molecule has 3 rings (SSSR count). The number of carbonyl (C=O) groups is 1. The van der Waals surface area contributed by atoms with E-state index in [1.807, 2.05) is 73.7 Å². The molecule has 1 aliphatic rings. The topological polar surface area (TPSA) is 32.3 Å². The highest BCUT2D eigenvalue weighted by Gasteiger charge is 2.23. The zero-order valence-corrected chi connectivity index (χ0v) is 11.6. The third-order valence-corrected chi connectivity index (χ3v) is 3.29. The highest BCUT2D eigenvalue weighted by molar-refractivity contribution is 6.32. The van der Waals surface area contributed by atoms with Crippen molar-refractivity contribution in [1.29, 1.82) is 0 Å². The Balaban J connectivity index is 2.27. The van der Waals surface area contributed by atoms with Gasteiger partial charge in [-0.1, -0.05) is 30.3 Å². The van der Waals surface area contributed by atoms with E-state index in [0.717, 1.165) is 16.9 Å². The van der Waals surface area contributed by atoms with Gasteiger partial charge in [0.05, 0.1) is 0 Å². The number of carbonyl (C=O) groups excluding carboxylic acids is 1. The van der Waals surface area contributed by atoms with Gasteiger partial charge >= 0.3 is 0 Å². The van der Waals surface area contributed by atoms with Crippen molar-refractivity contribution in [2.75, 3.05) is 19.4 Å². The summed E-state index contributed by atoms with van der Waals surface area (Å²) in [6, 6.07) is 15.5. The number of hydrogen-bond acceptors (Lipinski definition) is 3. The van der Waals surface area contributed by atoms with E-state index in [0.29, 0.717) is 11.1 Å². The van der Waals surface area contributed by atoms with Gasteiger partial charge in [-0.25, -0.2) is 0 Å². The fraction of sp³-hybridized carbons (Fsp3) is 0.118. The van der Waals surface area contributed by atoms with Gasteiger partial charge in [0, 0.05) is 48.4 Å². The van der Waals surface area contributed by atoms with Crippen LogP contribution in [-0.4, -0.2) is 24.8 Å². The predicted molar refractivity (Wildman–Crippen MR) is 82.2 cm³/mol. The second-order valence-corrected chi connectivity index (χ2v) is 5.05. The number of ketones is 1. The Kier molecular flexibility index (Phi) is 3.03. The lowest BCUT2D eigenvalue weighted by Crippen LogP contribution is -2.08. The van der Waals surface area contributed by atoms with Crippen LogP contribution in [0.1, 0.15) is 15.9 Å². The van der Waals surface area contributed by atoms with Crippen LogP contribution in [0.4, 0.5) is 11.4 Å². The summed E-state index contributed by atoms with van der Waals surface area (Å²) in [5, 5.41) is 3.36. The molecule has 1 heterocycles. The number of benzene rings is 2. The zero-order valence-electron chi connectivity index (χ0n) is 11.6. The maximum atomic E-state index is 12.8. The molecule has 100 valence electrons. The monoisotopic (exact) mass is 264 g/mol. The number of Topliss-reactive ketones (excluding diaryl/α,β-unsaturated/α-hetero) is 1. The zero-order chi connectivity index (χ0) is 14.1. The molecule has 3 nitrogen and oxygen atoms in total. The molecule has 1 aliphatic heterocycles. The summed E-state index contributed by atoms with van der Waals surface area (Å²) < 4.78 is 0. The average Bonchev–Trinajstić information content (AvgIpc) is 2.55. The summed E-state index contributed by atoms with van der Waals surface area (Å²) in [5.41, 5.74) is 4.16. The number of allylic oxidation sites excluding steroid dienone is 1. The highest BCUT2D eigenvalue weighted by atomic mass is 16.1. The maximum Gasteiger partial charge on any atom is 0.197 e. The molecule has 0 saturated heterocycles. The summed E-state index contributed by atoms with van der Waals surface area (Å²) in [4.78, 5) is 14.7. The van der Waals surface area contributed by atoms with Crippen LogP contribution >= 0.6 is 0 Å². The van der Waals surface area contributed by atoms with Crippen LogP contribution in [0.2, 0.25) is 0 Å². The minimum Gasteiger partial charge on any atom is -0.383 e. The molecule has 0 aliphatic carbocycles. The number of nitrogens with one attached hydrogen (secondary N) is 1. The van der Waals surface area contributed by atoms with E-state index in [1.54, 1.807) is 0 Å². The highest BCUT2D eigenvalue weighted by Crippen LogP contribution is 2.35. The van der Waals surface area contributed by atoms with Gasteiger partial charge in [-0.3, -0.25) is 4.79 Å². The fourth-order valence-electron chi connectivity index (χ4n) is 2.42. The molecular formula is C17H16N2O. The molecule has 3 heteroatoms. The third-order valence-electron chi connectivity index (χ3n) is 3.29. The molecule has 0 atom stereocenters. The maximum absolute atomic E-state index is 12.8. The van der Waals surface area contributed by atoms with Crippen molar-refractivity contribution in [3.8, 4) is 0 Å². The SMILES string of the molecule is CN(C)/C=C1/C(=O)c2ccccc2Nc2ccccc21. The Morgan fingerprint density at radius 1 is 0.900 bits per heavy atom. The number of anilines is 2. The normalized spacial score (nSPS) is 15.1. The van der Waals surface area contributed by atoms with Gasteiger partial charge in [-0.05, 0) is 18.2 Å². The Morgan fingerprint density at radius 2 is 1.45 bits per heavy atom. The molecule has 0 amide bonds. The summed E-state index contributed by atoms with van der Waals surface area (Å²) in [7, 11) is 3.85. The van der Waals surface area contributed by atoms with Crippen molar-refractivity contribution in [3.63, 3.8) is 0 Å². The molecule has 2 aromatic carbocycles. The Morgan fingerprint density at radius 3 is 2.10 bits per heavy atom. The lowest BCUT2D eigenvalue weighted by Gasteiger charge is -2.11. The number of rotatable bonds is 1. The molecular weight excluding hydrogens is 248 g/mol. The first kappa shape index (κ1) is 12.5. The van der Waals surface area contributed by atoms with Crippen molar-refractivity contribution >= 4 is 22.7 Å². The van der Waals surface area contributed by atoms with Gasteiger partial charge in [0.25, 0.3) is 0 Å². The first-order chi connectivity index (χ1) is 9.66. The minimum atomic E-state index is 0.0479. The second-order valence-electron chi connectivity index (χ2n) is 5.05. The van der Waals surface area contributed by atoms with Crippen molar-refractivity contribution in [3.05, 3.63) is 65.9 Å². The van der Waals surface area contributed by atoms with Crippen LogP contribution in [0.5, 0.6) is 0 Å². The summed E-state index contributed by atoms with van der Waals surface area (Å²) in [5.74, 6) is 0.0479. The third kappa shape index (κ3) is 2.07. The predicted octanol–water partition coefficient (Wildman–Crippen LogP) is 3.53. The molecule has 1 N–H and O–H groups in total. The number of nitrogens with zero attached hydrogens (tertiary/aromatic N) is 1. The summed E-state index contributed by atoms with van der Waals surface area (Å²) in [6.45, 7) is 0. The molecule has 20 heavy (non-hydrogen) atoms. The van der Waals surface area contributed by atoms with Gasteiger partial charge in [0.15, 0.2) is 5.78 Å². The fourth-order valence-corrected chi connectivity index (χ4v) is 2.42.